The van der Waals surface area contributed by atoms with Crippen molar-refractivity contribution in [2.24, 2.45) is 0 Å². The minimum Gasteiger partial charge on any atom is -0.368 e. The maximum Gasteiger partial charge on any atom is 0.270 e. The van der Waals surface area contributed by atoms with Gasteiger partial charge in [-0.2, -0.15) is 0 Å². The van der Waals surface area contributed by atoms with E-state index in [-0.39, 0.29) is 11.7 Å². The molecule has 8 heteroatoms. The van der Waals surface area contributed by atoms with E-state index in [1.54, 1.807) is 36.8 Å². The highest BCUT2D eigenvalue weighted by atomic mass is 19.1. The normalized spacial score (nSPS) is 14.0. The number of carbonyl (C=O) groups excluding carboxylic acids is 1. The fourth-order valence-electron chi connectivity index (χ4n) is 3.22. The molecular weight excluding hydrogens is 371 g/mol. The van der Waals surface area contributed by atoms with Crippen molar-refractivity contribution >= 4 is 17.5 Å². The van der Waals surface area contributed by atoms with Crippen LogP contribution in [-0.4, -0.2) is 47.0 Å². The molecule has 3 heterocycles. The summed E-state index contributed by atoms with van der Waals surface area (Å²) in [6.45, 7) is 3.40. The lowest BCUT2D eigenvalue weighted by Crippen LogP contribution is -2.47. The van der Waals surface area contributed by atoms with E-state index in [4.69, 9.17) is 0 Å². The molecule has 0 spiro atoms. The molecule has 1 saturated heterocycles. The molecule has 1 fully saturated rings. The topological polar surface area (TPSA) is 74.2 Å². The van der Waals surface area contributed by atoms with Crippen LogP contribution < -0.4 is 15.1 Å². The quantitative estimate of drug-likeness (QED) is 0.718. The van der Waals surface area contributed by atoms with Crippen molar-refractivity contribution in [1.29, 1.82) is 0 Å². The van der Waals surface area contributed by atoms with Gasteiger partial charge in [0, 0.05) is 57.0 Å². The van der Waals surface area contributed by atoms with Gasteiger partial charge in [0.05, 0.1) is 0 Å². The van der Waals surface area contributed by atoms with Gasteiger partial charge in [0.15, 0.2) is 0 Å². The van der Waals surface area contributed by atoms with Gasteiger partial charge in [0.2, 0.25) is 5.95 Å². The van der Waals surface area contributed by atoms with Crippen molar-refractivity contribution in [3.63, 3.8) is 0 Å². The van der Waals surface area contributed by atoms with Crippen LogP contribution in [0.5, 0.6) is 0 Å². The molecule has 3 aromatic rings. The zero-order valence-electron chi connectivity index (χ0n) is 15.8. The first-order valence-corrected chi connectivity index (χ1v) is 9.45. The first-order chi connectivity index (χ1) is 14.2. The third kappa shape index (κ3) is 4.66. The van der Waals surface area contributed by atoms with E-state index >= 15 is 0 Å². The average molecular weight is 392 g/mol. The van der Waals surface area contributed by atoms with E-state index in [0.29, 0.717) is 18.2 Å². The summed E-state index contributed by atoms with van der Waals surface area (Å²) < 4.78 is 13.1. The largest absolute Gasteiger partial charge is 0.368 e. The molecule has 1 amide bonds. The number of nitrogens with zero attached hydrogens (tertiary/aromatic N) is 5. The first-order valence-electron chi connectivity index (χ1n) is 9.45. The van der Waals surface area contributed by atoms with E-state index in [2.05, 4.69) is 30.1 Å². The average Bonchev–Trinajstić information content (AvgIpc) is 2.79. The van der Waals surface area contributed by atoms with Gasteiger partial charge in [-0.1, -0.05) is 0 Å². The molecule has 1 N–H and O–H groups in total. The van der Waals surface area contributed by atoms with E-state index < -0.39 is 0 Å². The summed E-state index contributed by atoms with van der Waals surface area (Å²) in [6, 6.07) is 11.8. The van der Waals surface area contributed by atoms with Gasteiger partial charge in [0.1, 0.15) is 11.5 Å². The summed E-state index contributed by atoms with van der Waals surface area (Å²) in [7, 11) is 0. The molecule has 148 valence electrons. The van der Waals surface area contributed by atoms with Crippen molar-refractivity contribution < 1.29 is 9.18 Å². The Morgan fingerprint density at radius 2 is 1.62 bits per heavy atom. The molecular formula is C21H21FN6O. The zero-order chi connectivity index (χ0) is 20.1. The van der Waals surface area contributed by atoms with Gasteiger partial charge in [-0.25, -0.2) is 14.4 Å². The fourth-order valence-corrected chi connectivity index (χ4v) is 3.22. The minimum atomic E-state index is -0.240. The van der Waals surface area contributed by atoms with E-state index in [1.807, 2.05) is 12.1 Å². The SMILES string of the molecule is O=C(NCc1ccncc1)c1ccnc(N2CCN(c3ccc(F)cc3)CC2)n1. The molecule has 0 unspecified atom stereocenters. The maximum absolute atomic E-state index is 13.1. The highest BCUT2D eigenvalue weighted by Crippen LogP contribution is 2.19. The smallest absolute Gasteiger partial charge is 0.270 e. The summed E-state index contributed by atoms with van der Waals surface area (Å²) in [5.41, 5.74) is 2.31. The molecule has 0 saturated carbocycles. The fraction of sp³-hybridized carbons (Fsp3) is 0.238. The lowest BCUT2D eigenvalue weighted by Gasteiger charge is -2.36. The van der Waals surface area contributed by atoms with Crippen molar-refractivity contribution in [3.8, 4) is 0 Å². The van der Waals surface area contributed by atoms with Gasteiger partial charge in [-0.05, 0) is 48.0 Å². The molecule has 4 rings (SSSR count). The molecule has 0 aliphatic carbocycles. The number of amides is 1. The van der Waals surface area contributed by atoms with Crippen LogP contribution in [0.4, 0.5) is 16.0 Å². The first kappa shape index (κ1) is 18.8. The van der Waals surface area contributed by atoms with Crippen molar-refractivity contribution in [1.82, 2.24) is 20.3 Å². The van der Waals surface area contributed by atoms with Gasteiger partial charge in [-0.3, -0.25) is 9.78 Å². The van der Waals surface area contributed by atoms with E-state index in [0.717, 1.165) is 37.4 Å². The summed E-state index contributed by atoms with van der Waals surface area (Å²) in [6.07, 6.45) is 4.99. The predicted octanol–water partition coefficient (Wildman–Crippen LogP) is 2.27. The van der Waals surface area contributed by atoms with Gasteiger partial charge in [0.25, 0.3) is 5.91 Å². The summed E-state index contributed by atoms with van der Waals surface area (Å²) in [4.78, 5) is 29.4. The van der Waals surface area contributed by atoms with Crippen LogP contribution in [0, 0.1) is 5.82 Å². The maximum atomic E-state index is 13.1. The highest BCUT2D eigenvalue weighted by Gasteiger charge is 2.20. The number of piperazine rings is 1. The Labute approximate surface area is 168 Å². The van der Waals surface area contributed by atoms with E-state index in [9.17, 15) is 9.18 Å². The van der Waals surface area contributed by atoms with Crippen LogP contribution in [0.15, 0.2) is 61.1 Å². The number of aromatic nitrogens is 3. The molecule has 0 bridgehead atoms. The summed E-state index contributed by atoms with van der Waals surface area (Å²) >= 11 is 0. The minimum absolute atomic E-state index is 0.236. The Balaban J connectivity index is 1.36. The van der Waals surface area contributed by atoms with Crippen LogP contribution >= 0.6 is 0 Å². The highest BCUT2D eigenvalue weighted by molar-refractivity contribution is 5.92. The van der Waals surface area contributed by atoms with Gasteiger partial charge >= 0.3 is 0 Å². The van der Waals surface area contributed by atoms with Crippen LogP contribution in [0.2, 0.25) is 0 Å². The number of benzene rings is 1. The Hall–Kier alpha value is -3.55. The lowest BCUT2D eigenvalue weighted by atomic mass is 10.2. The number of rotatable bonds is 5. The number of hydrogen-bond acceptors (Lipinski definition) is 6. The number of hydrogen-bond donors (Lipinski definition) is 1. The number of halogens is 1. The number of pyridine rings is 1. The Morgan fingerprint density at radius 3 is 2.34 bits per heavy atom. The van der Waals surface area contributed by atoms with E-state index in [1.165, 1.54) is 12.1 Å². The van der Waals surface area contributed by atoms with Gasteiger partial charge < -0.3 is 15.1 Å². The molecule has 29 heavy (non-hydrogen) atoms. The second-order valence-corrected chi connectivity index (χ2v) is 6.73. The van der Waals surface area contributed by atoms with Crippen LogP contribution in [-0.2, 0) is 6.54 Å². The molecule has 0 radical (unpaired) electrons. The molecule has 7 nitrogen and oxygen atoms in total. The van der Waals surface area contributed by atoms with Gasteiger partial charge in [-0.15, -0.1) is 0 Å². The van der Waals surface area contributed by atoms with Crippen molar-refractivity contribution in [2.75, 3.05) is 36.0 Å². The molecule has 1 aliphatic heterocycles. The summed E-state index contributed by atoms with van der Waals surface area (Å²) in [5.74, 6) is 0.0653. The Morgan fingerprint density at radius 1 is 0.931 bits per heavy atom. The molecule has 1 aliphatic rings. The van der Waals surface area contributed by atoms with Crippen LogP contribution in [0.1, 0.15) is 16.1 Å². The third-order valence-electron chi connectivity index (χ3n) is 4.83. The second-order valence-electron chi connectivity index (χ2n) is 6.73. The standard InChI is InChI=1S/C21H21FN6O/c22-17-1-3-18(4-2-17)27-11-13-28(14-12-27)21-24-10-7-19(26-21)20(29)25-15-16-5-8-23-9-6-16/h1-10H,11-15H2,(H,25,29). The molecule has 1 aromatic carbocycles. The lowest BCUT2D eigenvalue weighted by molar-refractivity contribution is 0.0946. The number of carbonyl (C=O) groups is 1. The third-order valence-corrected chi connectivity index (χ3v) is 4.83. The zero-order valence-corrected chi connectivity index (χ0v) is 15.8. The van der Waals surface area contributed by atoms with Crippen molar-refractivity contribution in [3.05, 3.63) is 78.1 Å². The summed E-state index contributed by atoms with van der Waals surface area (Å²) in [5, 5.41) is 2.86. The second kappa shape index (κ2) is 8.64. The molecule has 0 atom stereocenters. The van der Waals surface area contributed by atoms with Crippen LogP contribution in [0.3, 0.4) is 0 Å². The number of anilines is 2. The van der Waals surface area contributed by atoms with Crippen LogP contribution in [0.25, 0.3) is 0 Å². The van der Waals surface area contributed by atoms with Crippen molar-refractivity contribution in [2.45, 2.75) is 6.54 Å². The molecule has 2 aromatic heterocycles. The predicted molar refractivity (Wildman–Crippen MR) is 108 cm³/mol. The Bertz CT molecular complexity index is 958. The number of nitrogens with one attached hydrogen (secondary N) is 1. The monoisotopic (exact) mass is 392 g/mol. The Kier molecular flexibility index (Phi) is 5.60.